The van der Waals surface area contributed by atoms with Crippen LogP contribution in [0, 0.1) is 0 Å². The van der Waals surface area contributed by atoms with Gasteiger partial charge in [0.15, 0.2) is 5.11 Å². The van der Waals surface area contributed by atoms with E-state index in [0.29, 0.717) is 24.8 Å². The molecular formula is C15H21N3O3S. The molecule has 1 amide bonds. The summed E-state index contributed by atoms with van der Waals surface area (Å²) in [7, 11) is 1.74. The van der Waals surface area contributed by atoms with Crippen LogP contribution in [0.1, 0.15) is 13.3 Å². The Kier molecular flexibility index (Phi) is 5.83. The molecule has 2 rings (SSSR count). The van der Waals surface area contributed by atoms with Gasteiger partial charge in [-0.05, 0) is 42.9 Å². The normalized spacial score (nSPS) is 17.1. The van der Waals surface area contributed by atoms with E-state index >= 15 is 0 Å². The second-order valence-electron chi connectivity index (χ2n) is 4.92. The zero-order valence-electron chi connectivity index (χ0n) is 12.8. The van der Waals surface area contributed by atoms with Gasteiger partial charge >= 0.3 is 6.09 Å². The lowest BCUT2D eigenvalue weighted by molar-refractivity contribution is 0.143. The number of carbonyl (C=O) groups excluding carboxylic acids is 1. The largest absolute Gasteiger partial charge is 0.494 e. The molecule has 1 aliphatic heterocycles. The van der Waals surface area contributed by atoms with Gasteiger partial charge in [0.2, 0.25) is 0 Å². The van der Waals surface area contributed by atoms with Crippen molar-refractivity contribution in [3.63, 3.8) is 0 Å². The zero-order valence-corrected chi connectivity index (χ0v) is 13.6. The Hall–Kier alpha value is -2.02. The molecule has 7 heteroatoms. The summed E-state index contributed by atoms with van der Waals surface area (Å²) in [6, 6.07) is 7.44. The van der Waals surface area contributed by atoms with Crippen LogP contribution in [0.3, 0.4) is 0 Å². The van der Waals surface area contributed by atoms with E-state index in [-0.39, 0.29) is 12.2 Å². The average molecular weight is 323 g/mol. The predicted molar refractivity (Wildman–Crippen MR) is 89.5 cm³/mol. The van der Waals surface area contributed by atoms with E-state index in [1.165, 1.54) is 0 Å². The van der Waals surface area contributed by atoms with Crippen molar-refractivity contribution >= 4 is 29.1 Å². The Morgan fingerprint density at radius 3 is 2.82 bits per heavy atom. The monoisotopic (exact) mass is 323 g/mol. The van der Waals surface area contributed by atoms with Crippen molar-refractivity contribution < 1.29 is 14.3 Å². The fraction of sp³-hybridized carbons (Fsp3) is 0.467. The average Bonchev–Trinajstić information content (AvgIpc) is 2.92. The van der Waals surface area contributed by atoms with Gasteiger partial charge in [-0.2, -0.15) is 0 Å². The number of rotatable bonds is 6. The second kappa shape index (κ2) is 7.84. The molecule has 0 bridgehead atoms. The molecule has 2 N–H and O–H groups in total. The smallest absolute Gasteiger partial charge is 0.414 e. The summed E-state index contributed by atoms with van der Waals surface area (Å²) in [4.78, 5) is 13.6. The van der Waals surface area contributed by atoms with Crippen LogP contribution in [-0.2, 0) is 4.74 Å². The number of hydrogen-bond donors (Lipinski definition) is 2. The van der Waals surface area contributed by atoms with E-state index in [1.807, 2.05) is 24.3 Å². The Labute approximate surface area is 135 Å². The standard InChI is InChI=1S/C15H21N3O3S/c1-3-8-20-12-6-4-11(5-7-12)18-10-13(21-15(18)19)9-17-14(22)16-2/h4-7,13H,3,8-10H2,1-2H3,(H2,16,17,22)/t13-/m0/s1. The number of amides is 1. The molecule has 1 aromatic rings. The third-order valence-corrected chi connectivity index (χ3v) is 3.56. The van der Waals surface area contributed by atoms with Crippen LogP contribution in [-0.4, -0.2) is 44.1 Å². The number of thiocarbonyl (C=S) groups is 1. The third-order valence-electron chi connectivity index (χ3n) is 3.21. The fourth-order valence-corrected chi connectivity index (χ4v) is 2.16. The summed E-state index contributed by atoms with van der Waals surface area (Å²) in [5.74, 6) is 0.802. The number of benzene rings is 1. The molecule has 1 aliphatic rings. The number of nitrogens with zero attached hydrogens (tertiary/aromatic N) is 1. The van der Waals surface area contributed by atoms with Crippen molar-refractivity contribution in [2.75, 3.05) is 31.6 Å². The van der Waals surface area contributed by atoms with Crippen molar-refractivity contribution in [2.45, 2.75) is 19.4 Å². The molecule has 22 heavy (non-hydrogen) atoms. The number of nitrogens with one attached hydrogen (secondary N) is 2. The molecule has 0 saturated carbocycles. The van der Waals surface area contributed by atoms with E-state index in [2.05, 4.69) is 17.6 Å². The van der Waals surface area contributed by atoms with Crippen molar-refractivity contribution in [3.8, 4) is 5.75 Å². The zero-order chi connectivity index (χ0) is 15.9. The van der Waals surface area contributed by atoms with Crippen LogP contribution in [0.5, 0.6) is 5.75 Å². The first kappa shape index (κ1) is 16.4. The molecule has 0 aliphatic carbocycles. The van der Waals surface area contributed by atoms with Gasteiger partial charge in [-0.3, -0.25) is 4.90 Å². The van der Waals surface area contributed by atoms with Crippen molar-refractivity contribution in [1.29, 1.82) is 0 Å². The molecule has 0 radical (unpaired) electrons. The maximum absolute atomic E-state index is 12.0. The van der Waals surface area contributed by atoms with Gasteiger partial charge in [0, 0.05) is 12.7 Å². The highest BCUT2D eigenvalue weighted by Crippen LogP contribution is 2.24. The molecule has 0 spiro atoms. The Morgan fingerprint density at radius 1 is 1.45 bits per heavy atom. The molecule has 0 aromatic heterocycles. The highest BCUT2D eigenvalue weighted by Gasteiger charge is 2.32. The van der Waals surface area contributed by atoms with Gasteiger partial charge in [-0.15, -0.1) is 0 Å². The van der Waals surface area contributed by atoms with E-state index in [1.54, 1.807) is 11.9 Å². The lowest BCUT2D eigenvalue weighted by Gasteiger charge is -2.14. The van der Waals surface area contributed by atoms with Gasteiger partial charge in [-0.25, -0.2) is 4.79 Å². The molecule has 1 heterocycles. The third kappa shape index (κ3) is 4.24. The number of anilines is 1. The molecule has 1 saturated heterocycles. The van der Waals surface area contributed by atoms with E-state index in [0.717, 1.165) is 17.9 Å². The minimum atomic E-state index is -0.343. The number of cyclic esters (lactones) is 1. The van der Waals surface area contributed by atoms with Crippen LogP contribution in [0.2, 0.25) is 0 Å². The minimum Gasteiger partial charge on any atom is -0.494 e. The van der Waals surface area contributed by atoms with Gasteiger partial charge in [0.1, 0.15) is 11.9 Å². The molecule has 120 valence electrons. The number of hydrogen-bond acceptors (Lipinski definition) is 4. The van der Waals surface area contributed by atoms with Crippen molar-refractivity contribution in [3.05, 3.63) is 24.3 Å². The molecule has 0 unspecified atom stereocenters. The fourth-order valence-electron chi connectivity index (χ4n) is 2.08. The van der Waals surface area contributed by atoms with Gasteiger partial charge < -0.3 is 20.1 Å². The summed E-state index contributed by atoms with van der Waals surface area (Å²) in [5.41, 5.74) is 0.799. The lowest BCUT2D eigenvalue weighted by atomic mass is 10.2. The predicted octanol–water partition coefficient (Wildman–Crippen LogP) is 1.89. The Bertz CT molecular complexity index is 521. The highest BCUT2D eigenvalue weighted by molar-refractivity contribution is 7.80. The van der Waals surface area contributed by atoms with Crippen molar-refractivity contribution in [2.24, 2.45) is 0 Å². The van der Waals surface area contributed by atoms with Crippen molar-refractivity contribution in [1.82, 2.24) is 10.6 Å². The Morgan fingerprint density at radius 2 is 2.18 bits per heavy atom. The molecular weight excluding hydrogens is 302 g/mol. The highest BCUT2D eigenvalue weighted by atomic mass is 32.1. The van der Waals surface area contributed by atoms with E-state index in [9.17, 15) is 4.79 Å². The summed E-state index contributed by atoms with van der Waals surface area (Å²) in [6.45, 7) is 3.72. The molecule has 1 atom stereocenters. The number of ether oxygens (including phenoxy) is 2. The first-order valence-electron chi connectivity index (χ1n) is 7.30. The summed E-state index contributed by atoms with van der Waals surface area (Å²) in [6.07, 6.45) is 0.392. The number of carbonyl (C=O) groups is 1. The maximum atomic E-state index is 12.0. The SMILES string of the molecule is CCCOc1ccc(N2C[C@H](CNC(=S)NC)OC2=O)cc1. The first-order valence-corrected chi connectivity index (χ1v) is 7.71. The van der Waals surface area contributed by atoms with Crippen LogP contribution in [0.15, 0.2) is 24.3 Å². The summed E-state index contributed by atoms with van der Waals surface area (Å²) in [5, 5.41) is 6.35. The topological polar surface area (TPSA) is 62.8 Å². The van der Waals surface area contributed by atoms with Crippen LogP contribution < -0.4 is 20.3 Å². The van der Waals surface area contributed by atoms with Gasteiger partial charge in [-0.1, -0.05) is 6.92 Å². The summed E-state index contributed by atoms with van der Waals surface area (Å²) >= 11 is 5.00. The van der Waals surface area contributed by atoms with Gasteiger partial charge in [0.05, 0.1) is 19.7 Å². The Balaban J connectivity index is 1.92. The van der Waals surface area contributed by atoms with Crippen LogP contribution in [0.4, 0.5) is 10.5 Å². The quantitative estimate of drug-likeness (QED) is 0.780. The van der Waals surface area contributed by atoms with E-state index < -0.39 is 0 Å². The first-order chi connectivity index (χ1) is 10.6. The van der Waals surface area contributed by atoms with Crippen LogP contribution >= 0.6 is 12.2 Å². The van der Waals surface area contributed by atoms with E-state index in [4.69, 9.17) is 21.7 Å². The molecule has 1 aromatic carbocycles. The van der Waals surface area contributed by atoms with Crippen LogP contribution in [0.25, 0.3) is 0 Å². The lowest BCUT2D eigenvalue weighted by Crippen LogP contribution is -2.39. The molecule has 1 fully saturated rings. The maximum Gasteiger partial charge on any atom is 0.414 e. The second-order valence-corrected chi connectivity index (χ2v) is 5.33. The van der Waals surface area contributed by atoms with Gasteiger partial charge in [0.25, 0.3) is 0 Å². The minimum absolute atomic E-state index is 0.227. The summed E-state index contributed by atoms with van der Waals surface area (Å²) < 4.78 is 10.9. The molecule has 6 nitrogen and oxygen atoms in total.